The van der Waals surface area contributed by atoms with Crippen LogP contribution in [0.25, 0.3) is 16.0 Å². The van der Waals surface area contributed by atoms with Crippen LogP contribution in [0, 0.1) is 6.57 Å². The summed E-state index contributed by atoms with van der Waals surface area (Å²) in [5, 5.41) is 0. The van der Waals surface area contributed by atoms with E-state index >= 15 is 0 Å². The van der Waals surface area contributed by atoms with Gasteiger partial charge < -0.3 is 0 Å². The van der Waals surface area contributed by atoms with E-state index in [4.69, 9.17) is 6.57 Å². The van der Waals surface area contributed by atoms with Crippen molar-refractivity contribution in [2.75, 3.05) is 0 Å². The zero-order valence-electron chi connectivity index (χ0n) is 8.24. The van der Waals surface area contributed by atoms with Gasteiger partial charge in [-0.3, -0.25) is 0 Å². The van der Waals surface area contributed by atoms with Crippen LogP contribution < -0.4 is 0 Å². The van der Waals surface area contributed by atoms with Crippen LogP contribution in [0.15, 0.2) is 51.4 Å². The van der Waals surface area contributed by atoms with Gasteiger partial charge in [-0.05, 0) is 29.3 Å². The van der Waals surface area contributed by atoms with Crippen molar-refractivity contribution in [3.05, 3.63) is 62.8 Å². The Morgan fingerprint density at radius 2 is 1.56 bits per heavy atom. The van der Waals surface area contributed by atoms with Gasteiger partial charge in [0.2, 0.25) is 0 Å². The molecule has 0 unspecified atom stereocenters. The molecule has 2 aromatic rings. The van der Waals surface area contributed by atoms with E-state index in [2.05, 4.69) is 36.7 Å². The molecule has 0 aliphatic rings. The minimum absolute atomic E-state index is 0.674. The highest BCUT2D eigenvalue weighted by Gasteiger charge is 2.05. The maximum absolute atomic E-state index is 7.14. The minimum atomic E-state index is 0.674. The van der Waals surface area contributed by atoms with E-state index in [1.165, 1.54) is 0 Å². The van der Waals surface area contributed by atoms with E-state index in [0.29, 0.717) is 5.69 Å². The molecule has 0 bridgehead atoms. The van der Waals surface area contributed by atoms with Gasteiger partial charge in [0.25, 0.3) is 0 Å². The molecule has 0 aliphatic heterocycles. The number of benzene rings is 2. The molecule has 0 spiro atoms. The van der Waals surface area contributed by atoms with Crippen LogP contribution in [0.2, 0.25) is 0 Å². The summed E-state index contributed by atoms with van der Waals surface area (Å²) >= 11 is 6.90. The second-order valence-corrected chi connectivity index (χ2v) is 5.12. The van der Waals surface area contributed by atoms with Crippen molar-refractivity contribution < 1.29 is 0 Å². The number of hydrogen-bond donors (Lipinski definition) is 0. The first-order chi connectivity index (χ1) is 7.70. The van der Waals surface area contributed by atoms with Crippen molar-refractivity contribution in [3.63, 3.8) is 0 Å². The van der Waals surface area contributed by atoms with E-state index in [1.54, 1.807) is 0 Å². The molecule has 78 valence electrons. The predicted molar refractivity (Wildman–Crippen MR) is 73.5 cm³/mol. The van der Waals surface area contributed by atoms with Crippen molar-refractivity contribution in [1.29, 1.82) is 0 Å². The highest BCUT2D eigenvalue weighted by atomic mass is 79.9. The summed E-state index contributed by atoms with van der Waals surface area (Å²) in [5.41, 5.74) is 2.67. The highest BCUT2D eigenvalue weighted by molar-refractivity contribution is 9.11. The molecule has 0 amide bonds. The first-order valence-corrected chi connectivity index (χ1v) is 6.22. The lowest BCUT2D eigenvalue weighted by molar-refractivity contribution is 1.57. The predicted octanol–water partition coefficient (Wildman–Crippen LogP) is 5.43. The summed E-state index contributed by atoms with van der Waals surface area (Å²) in [6.45, 7) is 7.14. The van der Waals surface area contributed by atoms with Gasteiger partial charge in [0, 0.05) is 8.95 Å². The molecule has 0 aromatic heterocycles. The molecule has 0 fully saturated rings. The summed E-state index contributed by atoms with van der Waals surface area (Å²) in [6, 6.07) is 13.6. The first kappa shape index (κ1) is 11.4. The third-order valence-electron chi connectivity index (χ3n) is 2.20. The number of para-hydroxylation sites is 1. The molecule has 0 heterocycles. The van der Waals surface area contributed by atoms with Crippen molar-refractivity contribution in [2.45, 2.75) is 0 Å². The Bertz CT molecular complexity index is 550. The van der Waals surface area contributed by atoms with Crippen molar-refractivity contribution in [3.8, 4) is 11.1 Å². The van der Waals surface area contributed by atoms with Gasteiger partial charge in [0.05, 0.1) is 6.57 Å². The monoisotopic (exact) mass is 335 g/mol. The zero-order chi connectivity index (χ0) is 11.5. The molecule has 2 rings (SSSR count). The van der Waals surface area contributed by atoms with Crippen molar-refractivity contribution in [1.82, 2.24) is 0 Å². The average Bonchev–Trinajstić information content (AvgIpc) is 2.27. The van der Waals surface area contributed by atoms with E-state index in [1.807, 2.05) is 42.5 Å². The maximum atomic E-state index is 7.14. The normalized spacial score (nSPS) is 9.81. The summed E-state index contributed by atoms with van der Waals surface area (Å²) < 4.78 is 1.99. The van der Waals surface area contributed by atoms with Crippen LogP contribution in [0.3, 0.4) is 0 Å². The Labute approximate surface area is 111 Å². The number of nitrogens with zero attached hydrogens (tertiary/aromatic N) is 1. The van der Waals surface area contributed by atoms with E-state index in [-0.39, 0.29) is 0 Å². The Kier molecular flexibility index (Phi) is 3.42. The van der Waals surface area contributed by atoms with Crippen LogP contribution in [0.1, 0.15) is 0 Å². The third-order valence-corrected chi connectivity index (χ3v) is 3.11. The van der Waals surface area contributed by atoms with E-state index in [0.717, 1.165) is 20.1 Å². The Morgan fingerprint density at radius 3 is 2.19 bits per heavy atom. The lowest BCUT2D eigenvalue weighted by Crippen LogP contribution is -1.79. The fourth-order valence-electron chi connectivity index (χ4n) is 1.52. The lowest BCUT2D eigenvalue weighted by atomic mass is 10.0. The highest BCUT2D eigenvalue weighted by Crippen LogP contribution is 2.33. The zero-order valence-corrected chi connectivity index (χ0v) is 11.4. The number of halogens is 2. The van der Waals surface area contributed by atoms with Crippen LogP contribution in [0.4, 0.5) is 5.69 Å². The molecule has 2 aromatic carbocycles. The second-order valence-electron chi connectivity index (χ2n) is 3.29. The van der Waals surface area contributed by atoms with E-state index < -0.39 is 0 Å². The molecular formula is C13H7Br2N. The first-order valence-electron chi connectivity index (χ1n) is 4.63. The molecule has 0 saturated heterocycles. The molecule has 0 radical (unpaired) electrons. The second kappa shape index (κ2) is 4.82. The van der Waals surface area contributed by atoms with Crippen LogP contribution in [-0.4, -0.2) is 0 Å². The Hall–Kier alpha value is -1.11. The standard InChI is InChI=1S/C13H7Br2N/c1-16-13-5-3-2-4-12(13)9-6-10(14)8-11(15)7-9/h2-8H. The third kappa shape index (κ3) is 2.34. The van der Waals surface area contributed by atoms with Crippen LogP contribution >= 0.6 is 31.9 Å². The van der Waals surface area contributed by atoms with Crippen LogP contribution in [-0.2, 0) is 0 Å². The van der Waals surface area contributed by atoms with Gasteiger partial charge in [0.1, 0.15) is 0 Å². The summed E-state index contributed by atoms with van der Waals surface area (Å²) in [5.74, 6) is 0. The smallest absolute Gasteiger partial charge is 0.194 e. The molecule has 0 aliphatic carbocycles. The molecule has 0 atom stereocenters. The fourth-order valence-corrected chi connectivity index (χ4v) is 2.82. The summed E-state index contributed by atoms with van der Waals surface area (Å²) in [4.78, 5) is 3.53. The van der Waals surface area contributed by atoms with Crippen LogP contribution in [0.5, 0.6) is 0 Å². The van der Waals surface area contributed by atoms with E-state index in [9.17, 15) is 0 Å². The number of hydrogen-bond acceptors (Lipinski definition) is 0. The lowest BCUT2D eigenvalue weighted by Gasteiger charge is -2.05. The topological polar surface area (TPSA) is 4.36 Å². The fraction of sp³-hybridized carbons (Fsp3) is 0. The van der Waals surface area contributed by atoms with Gasteiger partial charge in [-0.1, -0.05) is 56.1 Å². The molecular weight excluding hydrogens is 330 g/mol. The largest absolute Gasteiger partial charge is 0.238 e. The molecule has 0 N–H and O–H groups in total. The van der Waals surface area contributed by atoms with Gasteiger partial charge in [-0.2, -0.15) is 0 Å². The molecule has 0 saturated carbocycles. The number of rotatable bonds is 1. The minimum Gasteiger partial charge on any atom is -0.238 e. The summed E-state index contributed by atoms with van der Waals surface area (Å²) in [6.07, 6.45) is 0. The summed E-state index contributed by atoms with van der Waals surface area (Å²) in [7, 11) is 0. The SMILES string of the molecule is [C-]#[N+]c1ccccc1-c1cc(Br)cc(Br)c1. The van der Waals surface area contributed by atoms with Gasteiger partial charge in [-0.25, -0.2) is 4.85 Å². The average molecular weight is 337 g/mol. The van der Waals surface area contributed by atoms with Gasteiger partial charge in [-0.15, -0.1) is 0 Å². The molecule has 16 heavy (non-hydrogen) atoms. The van der Waals surface area contributed by atoms with Crippen molar-refractivity contribution in [2.24, 2.45) is 0 Å². The Balaban J connectivity index is 2.63. The Morgan fingerprint density at radius 1 is 0.938 bits per heavy atom. The molecule has 3 heteroatoms. The molecule has 1 nitrogen and oxygen atoms in total. The quantitative estimate of drug-likeness (QED) is 0.611. The van der Waals surface area contributed by atoms with Gasteiger partial charge in [0.15, 0.2) is 5.69 Å². The van der Waals surface area contributed by atoms with Gasteiger partial charge >= 0.3 is 0 Å². The van der Waals surface area contributed by atoms with Crippen molar-refractivity contribution >= 4 is 37.5 Å². The maximum Gasteiger partial charge on any atom is 0.194 e.